The van der Waals surface area contributed by atoms with E-state index in [-0.39, 0.29) is 25.0 Å². The molecule has 0 unspecified atom stereocenters. The second-order valence-corrected chi connectivity index (χ2v) is 13.2. The van der Waals surface area contributed by atoms with Gasteiger partial charge in [0.1, 0.15) is 18.2 Å². The van der Waals surface area contributed by atoms with Crippen LogP contribution in [0.15, 0.2) is 103 Å². The van der Waals surface area contributed by atoms with Gasteiger partial charge in [-0.15, -0.1) is 0 Å². The van der Waals surface area contributed by atoms with Crippen molar-refractivity contribution in [2.75, 3.05) is 13.2 Å². The number of rotatable bonds is 8. The summed E-state index contributed by atoms with van der Waals surface area (Å²) in [6.07, 6.45) is -0.360. The molecule has 2 N–H and O–H groups in total. The van der Waals surface area contributed by atoms with Crippen LogP contribution in [0.25, 0.3) is 11.1 Å². The molecule has 242 valence electrons. The predicted molar refractivity (Wildman–Crippen MR) is 181 cm³/mol. The fourth-order valence-electron chi connectivity index (χ4n) is 6.57. The van der Waals surface area contributed by atoms with E-state index in [1.807, 2.05) is 78.9 Å². The number of amides is 3. The molecule has 0 saturated carbocycles. The number of nitrogens with one attached hydrogen (secondary N) is 2. The third-order valence-electron chi connectivity index (χ3n) is 8.64. The summed E-state index contributed by atoms with van der Waals surface area (Å²) in [6.45, 7) is 6.11. The third kappa shape index (κ3) is 7.65. The largest absolute Gasteiger partial charge is 0.449 e. The second-order valence-electron chi connectivity index (χ2n) is 13.2. The average molecular weight is 632 g/mol. The minimum atomic E-state index is -0.819. The van der Waals surface area contributed by atoms with Crippen LogP contribution in [0, 0.1) is 0 Å². The van der Waals surface area contributed by atoms with Gasteiger partial charge in [-0.3, -0.25) is 4.79 Å². The first-order chi connectivity index (χ1) is 22.6. The molecule has 1 heterocycles. The highest BCUT2D eigenvalue weighted by Gasteiger charge is 2.34. The lowest BCUT2D eigenvalue weighted by Gasteiger charge is -2.30. The zero-order chi connectivity index (χ0) is 33.0. The highest BCUT2D eigenvalue weighted by atomic mass is 16.6. The molecule has 0 saturated heterocycles. The van der Waals surface area contributed by atoms with Gasteiger partial charge in [-0.1, -0.05) is 103 Å². The van der Waals surface area contributed by atoms with E-state index in [2.05, 4.69) is 34.9 Å². The normalized spacial score (nSPS) is 16.3. The van der Waals surface area contributed by atoms with Crippen molar-refractivity contribution >= 4 is 18.1 Å². The summed E-state index contributed by atoms with van der Waals surface area (Å²) in [5.41, 5.74) is 6.88. The molecule has 8 nitrogen and oxygen atoms in total. The number of carbonyl (C=O) groups is 3. The Morgan fingerprint density at radius 3 is 2.06 bits per heavy atom. The molecule has 4 aromatic carbocycles. The Morgan fingerprint density at radius 1 is 0.809 bits per heavy atom. The topological polar surface area (TPSA) is 97.0 Å². The lowest BCUT2D eigenvalue weighted by atomic mass is 9.98. The average Bonchev–Trinajstić information content (AvgIpc) is 3.30. The van der Waals surface area contributed by atoms with Crippen LogP contribution in [0.1, 0.15) is 54.5 Å². The van der Waals surface area contributed by atoms with Crippen LogP contribution in [-0.4, -0.2) is 53.8 Å². The van der Waals surface area contributed by atoms with E-state index in [1.54, 1.807) is 25.7 Å². The second kappa shape index (κ2) is 13.7. The Balaban J connectivity index is 1.20. The highest BCUT2D eigenvalue weighted by molar-refractivity contribution is 5.87. The summed E-state index contributed by atoms with van der Waals surface area (Å²) < 4.78 is 11.4. The quantitative estimate of drug-likeness (QED) is 0.228. The monoisotopic (exact) mass is 631 g/mol. The molecule has 0 spiro atoms. The van der Waals surface area contributed by atoms with Crippen LogP contribution in [-0.2, 0) is 33.7 Å². The standard InChI is InChI=1S/C39H41N3O5/c1-39(2,3)47-38(45)41-35-22-27-15-7-8-16-28(27)23-42(36(35)43)24-29(21-26-13-5-4-6-14-26)40-37(44)46-25-34-32-19-11-9-17-30(32)31-18-10-12-20-33(31)34/h4-20,29,34-35H,21-25H2,1-3H3,(H,40,44)(H,41,45)/t29-,35-/m1/s1. The summed E-state index contributed by atoms with van der Waals surface area (Å²) in [5, 5.41) is 5.87. The first-order valence-electron chi connectivity index (χ1n) is 16.1. The van der Waals surface area contributed by atoms with Gasteiger partial charge in [0.05, 0.1) is 6.04 Å². The van der Waals surface area contributed by atoms with Gasteiger partial charge in [-0.25, -0.2) is 9.59 Å². The molecular formula is C39H41N3O5. The molecule has 0 radical (unpaired) electrons. The smallest absolute Gasteiger partial charge is 0.408 e. The van der Waals surface area contributed by atoms with Crippen molar-refractivity contribution in [1.82, 2.24) is 15.5 Å². The number of hydrogen-bond donors (Lipinski definition) is 2. The Hall–Kier alpha value is -5.11. The van der Waals surface area contributed by atoms with E-state index >= 15 is 0 Å². The Morgan fingerprint density at radius 2 is 1.40 bits per heavy atom. The van der Waals surface area contributed by atoms with Gasteiger partial charge < -0.3 is 25.0 Å². The van der Waals surface area contributed by atoms with E-state index in [4.69, 9.17) is 9.47 Å². The molecular weight excluding hydrogens is 590 g/mol. The van der Waals surface area contributed by atoms with Gasteiger partial charge in [0.15, 0.2) is 0 Å². The zero-order valence-electron chi connectivity index (χ0n) is 27.1. The fraction of sp³-hybridized carbons (Fsp3) is 0.308. The molecule has 1 aliphatic heterocycles. The minimum absolute atomic E-state index is 0.0657. The summed E-state index contributed by atoms with van der Waals surface area (Å²) in [4.78, 5) is 42.0. The molecule has 0 bridgehead atoms. The van der Waals surface area contributed by atoms with Crippen LogP contribution in [0.5, 0.6) is 0 Å². The maximum atomic E-state index is 14.0. The SMILES string of the molecule is CC(C)(C)OC(=O)N[C@@H]1Cc2ccccc2CN(C[C@@H](Cc2ccccc2)NC(=O)OCC2c3ccccc3-c3ccccc32)C1=O. The van der Waals surface area contributed by atoms with Crippen LogP contribution < -0.4 is 10.6 Å². The van der Waals surface area contributed by atoms with Gasteiger partial charge in [0.25, 0.3) is 0 Å². The molecule has 47 heavy (non-hydrogen) atoms. The lowest BCUT2D eigenvalue weighted by Crippen LogP contribution is -2.53. The first kappa shape index (κ1) is 31.9. The number of fused-ring (bicyclic) bond motifs is 4. The molecule has 6 rings (SSSR count). The summed E-state index contributed by atoms with van der Waals surface area (Å²) >= 11 is 0. The van der Waals surface area contributed by atoms with Crippen molar-refractivity contribution in [3.8, 4) is 11.1 Å². The molecule has 1 aliphatic carbocycles. The van der Waals surface area contributed by atoms with E-state index in [9.17, 15) is 14.4 Å². The molecule has 3 amide bonds. The Labute approximate surface area is 276 Å². The number of alkyl carbamates (subject to hydrolysis) is 2. The van der Waals surface area contributed by atoms with Crippen molar-refractivity contribution in [2.45, 2.75) is 63.8 Å². The van der Waals surface area contributed by atoms with Gasteiger partial charge in [0, 0.05) is 25.4 Å². The first-order valence-corrected chi connectivity index (χ1v) is 16.1. The van der Waals surface area contributed by atoms with Gasteiger partial charge in [-0.05, 0) is 66.1 Å². The van der Waals surface area contributed by atoms with Crippen LogP contribution in [0.3, 0.4) is 0 Å². The zero-order valence-corrected chi connectivity index (χ0v) is 27.1. The molecule has 2 aliphatic rings. The molecule has 8 heteroatoms. The van der Waals surface area contributed by atoms with Crippen molar-refractivity contribution in [3.05, 3.63) is 131 Å². The van der Waals surface area contributed by atoms with Crippen LogP contribution in [0.4, 0.5) is 9.59 Å². The molecule has 4 aromatic rings. The molecule has 0 fully saturated rings. The summed E-state index contributed by atoms with van der Waals surface area (Å²) in [7, 11) is 0. The summed E-state index contributed by atoms with van der Waals surface area (Å²) in [5.74, 6) is -0.302. The van der Waals surface area contributed by atoms with E-state index < -0.39 is 29.9 Å². The van der Waals surface area contributed by atoms with Crippen molar-refractivity contribution in [1.29, 1.82) is 0 Å². The number of nitrogens with zero attached hydrogens (tertiary/aromatic N) is 1. The highest BCUT2D eigenvalue weighted by Crippen LogP contribution is 2.44. The number of benzene rings is 4. The Bertz CT molecular complexity index is 1700. The number of ether oxygens (including phenoxy) is 2. The van der Waals surface area contributed by atoms with E-state index in [0.717, 1.165) is 38.9 Å². The van der Waals surface area contributed by atoms with Crippen molar-refractivity contribution in [3.63, 3.8) is 0 Å². The van der Waals surface area contributed by atoms with Gasteiger partial charge in [-0.2, -0.15) is 0 Å². The van der Waals surface area contributed by atoms with Crippen molar-refractivity contribution < 1.29 is 23.9 Å². The minimum Gasteiger partial charge on any atom is -0.449 e. The molecule has 0 aromatic heterocycles. The van der Waals surface area contributed by atoms with Gasteiger partial charge >= 0.3 is 12.2 Å². The Kier molecular flexibility index (Phi) is 9.29. The van der Waals surface area contributed by atoms with E-state index in [0.29, 0.717) is 19.4 Å². The van der Waals surface area contributed by atoms with E-state index in [1.165, 1.54) is 0 Å². The third-order valence-corrected chi connectivity index (χ3v) is 8.64. The maximum absolute atomic E-state index is 14.0. The lowest BCUT2D eigenvalue weighted by molar-refractivity contribution is -0.134. The maximum Gasteiger partial charge on any atom is 0.408 e. The number of hydrogen-bond acceptors (Lipinski definition) is 5. The van der Waals surface area contributed by atoms with Crippen LogP contribution in [0.2, 0.25) is 0 Å². The van der Waals surface area contributed by atoms with Crippen molar-refractivity contribution in [2.24, 2.45) is 0 Å². The molecule has 2 atom stereocenters. The number of carbonyl (C=O) groups excluding carboxylic acids is 3. The predicted octanol–water partition coefficient (Wildman–Crippen LogP) is 6.61. The van der Waals surface area contributed by atoms with Crippen LogP contribution >= 0.6 is 0 Å². The summed E-state index contributed by atoms with van der Waals surface area (Å²) in [6, 6.07) is 32.9. The van der Waals surface area contributed by atoms with Gasteiger partial charge in [0.2, 0.25) is 5.91 Å². The fourth-order valence-corrected chi connectivity index (χ4v) is 6.57.